The fourth-order valence-electron chi connectivity index (χ4n) is 2.68. The van der Waals surface area contributed by atoms with Gasteiger partial charge in [-0.05, 0) is 43.4 Å². The van der Waals surface area contributed by atoms with Crippen LogP contribution in [0.4, 0.5) is 5.82 Å². The van der Waals surface area contributed by atoms with Crippen LogP contribution in [0.1, 0.15) is 30.7 Å². The highest BCUT2D eigenvalue weighted by Gasteiger charge is 2.24. The Labute approximate surface area is 111 Å². The number of fused-ring (bicyclic) bond motifs is 1. The summed E-state index contributed by atoms with van der Waals surface area (Å²) in [5.74, 6) is 1.57. The van der Waals surface area contributed by atoms with Crippen molar-refractivity contribution in [2.75, 3.05) is 18.4 Å². The number of anilines is 1. The fourth-order valence-corrected chi connectivity index (χ4v) is 2.68. The Bertz CT molecular complexity index is 602. The first-order valence-corrected chi connectivity index (χ1v) is 6.98. The largest absolute Gasteiger partial charge is 0.364 e. The zero-order valence-corrected chi connectivity index (χ0v) is 10.8. The molecule has 1 saturated heterocycles. The lowest BCUT2D eigenvalue weighted by Gasteiger charge is -2.13. The zero-order chi connectivity index (χ0) is 12.7. The average molecular weight is 255 g/mol. The SMILES string of the molecule is c1nc(NC2CCNC2)c2ncc(C3CC3)cc2n1. The number of rotatable bonds is 3. The second kappa shape index (κ2) is 4.42. The standard InChI is InChI=1S/C14H17N5/c1-2-9(1)10-5-12-13(16-6-10)14(18-8-17-12)19-11-3-4-15-7-11/h5-6,8-9,11,15H,1-4,7H2,(H,17,18,19). The Kier molecular flexibility index (Phi) is 2.58. The van der Waals surface area contributed by atoms with Crippen molar-refractivity contribution in [3.63, 3.8) is 0 Å². The number of nitrogens with zero attached hydrogens (tertiary/aromatic N) is 3. The number of nitrogens with one attached hydrogen (secondary N) is 2. The minimum absolute atomic E-state index is 0.447. The van der Waals surface area contributed by atoms with E-state index in [1.54, 1.807) is 6.33 Å². The Morgan fingerprint density at radius 1 is 1.16 bits per heavy atom. The summed E-state index contributed by atoms with van der Waals surface area (Å²) in [5.41, 5.74) is 3.16. The van der Waals surface area contributed by atoms with Gasteiger partial charge in [0, 0.05) is 18.8 Å². The fraction of sp³-hybridized carbons (Fsp3) is 0.500. The predicted molar refractivity (Wildman–Crippen MR) is 74.2 cm³/mol. The molecule has 2 fully saturated rings. The van der Waals surface area contributed by atoms with Gasteiger partial charge in [0.1, 0.15) is 11.8 Å². The van der Waals surface area contributed by atoms with Crippen LogP contribution in [0.3, 0.4) is 0 Å². The highest BCUT2D eigenvalue weighted by atomic mass is 15.1. The van der Waals surface area contributed by atoms with Crippen LogP contribution in [0, 0.1) is 0 Å². The zero-order valence-electron chi connectivity index (χ0n) is 10.8. The maximum Gasteiger partial charge on any atom is 0.156 e. The minimum atomic E-state index is 0.447. The van der Waals surface area contributed by atoms with Gasteiger partial charge in [0.2, 0.25) is 0 Å². The van der Waals surface area contributed by atoms with Gasteiger partial charge in [-0.1, -0.05) is 0 Å². The monoisotopic (exact) mass is 255 g/mol. The lowest BCUT2D eigenvalue weighted by atomic mass is 10.1. The van der Waals surface area contributed by atoms with Gasteiger partial charge in [-0.25, -0.2) is 9.97 Å². The molecule has 1 aliphatic heterocycles. The lowest BCUT2D eigenvalue weighted by molar-refractivity contribution is 0.788. The Morgan fingerprint density at radius 2 is 2.11 bits per heavy atom. The molecule has 0 spiro atoms. The van der Waals surface area contributed by atoms with Crippen LogP contribution in [-0.2, 0) is 0 Å². The van der Waals surface area contributed by atoms with E-state index in [4.69, 9.17) is 0 Å². The van der Waals surface area contributed by atoms with E-state index in [0.29, 0.717) is 12.0 Å². The van der Waals surface area contributed by atoms with Crippen molar-refractivity contribution in [2.45, 2.75) is 31.2 Å². The molecule has 2 aromatic heterocycles. The van der Waals surface area contributed by atoms with E-state index in [-0.39, 0.29) is 0 Å². The van der Waals surface area contributed by atoms with Gasteiger partial charge < -0.3 is 10.6 Å². The van der Waals surface area contributed by atoms with Gasteiger partial charge in [0.15, 0.2) is 5.82 Å². The van der Waals surface area contributed by atoms with E-state index < -0.39 is 0 Å². The molecule has 0 aromatic carbocycles. The molecule has 2 aliphatic rings. The smallest absolute Gasteiger partial charge is 0.156 e. The van der Waals surface area contributed by atoms with E-state index >= 15 is 0 Å². The summed E-state index contributed by atoms with van der Waals surface area (Å²) >= 11 is 0. The molecule has 3 heterocycles. The maximum absolute atomic E-state index is 4.58. The second-order valence-corrected chi connectivity index (χ2v) is 5.47. The highest BCUT2D eigenvalue weighted by molar-refractivity contribution is 5.85. The number of hydrogen-bond acceptors (Lipinski definition) is 5. The summed E-state index contributed by atoms with van der Waals surface area (Å²) in [4.78, 5) is 13.3. The van der Waals surface area contributed by atoms with Crippen molar-refractivity contribution in [1.29, 1.82) is 0 Å². The lowest BCUT2D eigenvalue weighted by Crippen LogP contribution is -2.23. The van der Waals surface area contributed by atoms with E-state index in [2.05, 4.69) is 31.7 Å². The van der Waals surface area contributed by atoms with Gasteiger partial charge in [0.25, 0.3) is 0 Å². The van der Waals surface area contributed by atoms with Gasteiger partial charge >= 0.3 is 0 Å². The molecule has 5 heteroatoms. The molecule has 0 amide bonds. The van der Waals surface area contributed by atoms with Gasteiger partial charge in [-0.3, -0.25) is 4.98 Å². The van der Waals surface area contributed by atoms with Crippen LogP contribution < -0.4 is 10.6 Å². The molecule has 1 atom stereocenters. The van der Waals surface area contributed by atoms with E-state index in [1.165, 1.54) is 18.4 Å². The van der Waals surface area contributed by atoms with Crippen molar-refractivity contribution in [3.05, 3.63) is 24.2 Å². The Hall–Kier alpha value is -1.75. The molecular weight excluding hydrogens is 238 g/mol. The number of aromatic nitrogens is 3. The topological polar surface area (TPSA) is 62.7 Å². The average Bonchev–Trinajstić information content (AvgIpc) is 3.17. The minimum Gasteiger partial charge on any atom is -0.364 e. The van der Waals surface area contributed by atoms with Gasteiger partial charge in [-0.2, -0.15) is 0 Å². The summed E-state index contributed by atoms with van der Waals surface area (Å²) in [7, 11) is 0. The van der Waals surface area contributed by atoms with E-state index in [0.717, 1.165) is 36.4 Å². The summed E-state index contributed by atoms with van der Waals surface area (Å²) < 4.78 is 0. The van der Waals surface area contributed by atoms with Crippen molar-refractivity contribution >= 4 is 16.9 Å². The number of hydrogen-bond donors (Lipinski definition) is 2. The second-order valence-electron chi connectivity index (χ2n) is 5.47. The molecule has 2 aromatic rings. The maximum atomic E-state index is 4.58. The van der Waals surface area contributed by atoms with Crippen LogP contribution >= 0.6 is 0 Å². The molecule has 2 N–H and O–H groups in total. The highest BCUT2D eigenvalue weighted by Crippen LogP contribution is 2.40. The first-order chi connectivity index (χ1) is 9.40. The molecule has 1 saturated carbocycles. The number of pyridine rings is 1. The van der Waals surface area contributed by atoms with Gasteiger partial charge in [0.05, 0.1) is 5.52 Å². The third-order valence-corrected chi connectivity index (χ3v) is 3.95. The first-order valence-electron chi connectivity index (χ1n) is 6.98. The molecule has 19 heavy (non-hydrogen) atoms. The summed E-state index contributed by atoms with van der Waals surface area (Å²) in [6.07, 6.45) is 7.33. The normalized spacial score (nSPS) is 22.8. The first kappa shape index (κ1) is 11.1. The van der Waals surface area contributed by atoms with Crippen LogP contribution in [0.2, 0.25) is 0 Å². The third kappa shape index (κ3) is 2.14. The molecule has 0 radical (unpaired) electrons. The summed E-state index contributed by atoms with van der Waals surface area (Å²) in [5, 5.41) is 6.82. The Balaban J connectivity index is 1.69. The van der Waals surface area contributed by atoms with Crippen molar-refractivity contribution in [1.82, 2.24) is 20.3 Å². The van der Waals surface area contributed by atoms with Crippen LogP contribution in [0.15, 0.2) is 18.6 Å². The molecule has 4 rings (SSSR count). The van der Waals surface area contributed by atoms with Crippen LogP contribution in [0.25, 0.3) is 11.0 Å². The van der Waals surface area contributed by atoms with Crippen LogP contribution in [0.5, 0.6) is 0 Å². The molecule has 0 bridgehead atoms. The van der Waals surface area contributed by atoms with E-state index in [1.807, 2.05) is 6.20 Å². The van der Waals surface area contributed by atoms with Gasteiger partial charge in [-0.15, -0.1) is 0 Å². The van der Waals surface area contributed by atoms with Crippen molar-refractivity contribution in [3.8, 4) is 0 Å². The van der Waals surface area contributed by atoms with E-state index in [9.17, 15) is 0 Å². The summed E-state index contributed by atoms with van der Waals surface area (Å²) in [6.45, 7) is 2.06. The van der Waals surface area contributed by atoms with Crippen LogP contribution in [-0.4, -0.2) is 34.1 Å². The molecular formula is C14H17N5. The quantitative estimate of drug-likeness (QED) is 0.873. The predicted octanol–water partition coefficient (Wildman–Crippen LogP) is 1.68. The molecule has 98 valence electrons. The van der Waals surface area contributed by atoms with Crippen molar-refractivity contribution in [2.24, 2.45) is 0 Å². The summed E-state index contributed by atoms with van der Waals surface area (Å²) in [6, 6.07) is 2.61. The molecule has 1 unspecified atom stereocenters. The van der Waals surface area contributed by atoms with Crippen molar-refractivity contribution < 1.29 is 0 Å². The Morgan fingerprint density at radius 3 is 2.89 bits per heavy atom. The molecule has 1 aliphatic carbocycles. The molecule has 5 nitrogen and oxygen atoms in total. The third-order valence-electron chi connectivity index (χ3n) is 3.95.